The summed E-state index contributed by atoms with van der Waals surface area (Å²) in [6.07, 6.45) is 5.47. The molecular formula is C35H41BrN4O5. The van der Waals surface area contributed by atoms with E-state index in [9.17, 15) is 19.2 Å². The minimum Gasteiger partial charge on any atom is -0.497 e. The minimum atomic E-state index is -0.990. The van der Waals surface area contributed by atoms with E-state index in [1.165, 1.54) is 7.05 Å². The van der Waals surface area contributed by atoms with Crippen LogP contribution in [0.5, 0.6) is 5.75 Å². The van der Waals surface area contributed by atoms with Crippen molar-refractivity contribution in [3.05, 3.63) is 99.5 Å². The smallest absolute Gasteiger partial charge is 0.248 e. The van der Waals surface area contributed by atoms with Crippen molar-refractivity contribution in [1.29, 1.82) is 0 Å². The number of hydrogen-bond donors (Lipinski definition) is 4. The number of nitrogens with one attached hydrogen (secondary N) is 3. The summed E-state index contributed by atoms with van der Waals surface area (Å²) in [7, 11) is 3.12. The van der Waals surface area contributed by atoms with Crippen molar-refractivity contribution in [1.82, 2.24) is 16.0 Å². The van der Waals surface area contributed by atoms with E-state index in [1.807, 2.05) is 48.5 Å². The fourth-order valence-corrected chi connectivity index (χ4v) is 6.43. The highest BCUT2D eigenvalue weighted by molar-refractivity contribution is 9.10. The fraction of sp³-hybridized carbons (Fsp3) is 0.371. The number of hydrogen-bond acceptors (Lipinski definition) is 5. The van der Waals surface area contributed by atoms with E-state index in [2.05, 4.69) is 31.9 Å². The van der Waals surface area contributed by atoms with Crippen LogP contribution in [0.1, 0.15) is 65.1 Å². The third-order valence-corrected chi connectivity index (χ3v) is 8.89. The molecule has 5 N–H and O–H groups in total. The van der Waals surface area contributed by atoms with Crippen LogP contribution < -0.4 is 26.4 Å². The van der Waals surface area contributed by atoms with E-state index in [4.69, 9.17) is 10.5 Å². The number of amides is 4. The van der Waals surface area contributed by atoms with E-state index < -0.39 is 29.8 Å². The van der Waals surface area contributed by atoms with Gasteiger partial charge in [-0.25, -0.2) is 0 Å². The number of likely N-dealkylation sites (N-methyl/N-ethyl adjacent to an activating group) is 1. The molecule has 45 heavy (non-hydrogen) atoms. The number of methoxy groups -OCH3 is 1. The highest BCUT2D eigenvalue weighted by Gasteiger charge is 2.34. The molecule has 1 fully saturated rings. The predicted octanol–water partition coefficient (Wildman–Crippen LogP) is 4.42. The first kappa shape index (κ1) is 33.7. The molecule has 1 unspecified atom stereocenters. The Morgan fingerprint density at radius 3 is 2.04 bits per heavy atom. The van der Waals surface area contributed by atoms with Gasteiger partial charge >= 0.3 is 0 Å². The summed E-state index contributed by atoms with van der Waals surface area (Å²) in [5, 5.41) is 8.58. The van der Waals surface area contributed by atoms with Gasteiger partial charge in [0.15, 0.2) is 0 Å². The quantitative estimate of drug-likeness (QED) is 0.212. The topological polar surface area (TPSA) is 140 Å². The molecule has 3 aromatic rings. The maximum atomic E-state index is 14.2. The third-order valence-electron chi connectivity index (χ3n) is 8.40. The number of halogens is 1. The van der Waals surface area contributed by atoms with E-state index in [0.717, 1.165) is 53.3 Å². The molecule has 0 spiro atoms. The first-order chi connectivity index (χ1) is 21.7. The number of benzene rings is 3. The second-order valence-corrected chi connectivity index (χ2v) is 12.4. The summed E-state index contributed by atoms with van der Waals surface area (Å²) in [6.45, 7) is 0. The molecular weight excluding hydrogens is 636 g/mol. The molecule has 238 valence electrons. The SMILES string of the molecule is CNC(=O)[C@H](Cc1cccc(Br)c1)NC(=O)[C@H](Cc1ccc(C(N)=O)cc1)NC(=O)C(c1ccc(OC)cc1)C1CCCCC1. The lowest BCUT2D eigenvalue weighted by Gasteiger charge is -2.31. The first-order valence-electron chi connectivity index (χ1n) is 15.3. The van der Waals surface area contributed by atoms with Crippen molar-refractivity contribution >= 4 is 39.6 Å². The Bertz CT molecular complexity index is 1470. The zero-order chi connectivity index (χ0) is 32.3. The summed E-state index contributed by atoms with van der Waals surface area (Å²) in [5.74, 6) is -1.27. The molecule has 3 aromatic carbocycles. The highest BCUT2D eigenvalue weighted by Crippen LogP contribution is 2.37. The van der Waals surface area contributed by atoms with E-state index >= 15 is 0 Å². The fourth-order valence-electron chi connectivity index (χ4n) is 5.98. The van der Waals surface area contributed by atoms with Crippen LogP contribution in [0.3, 0.4) is 0 Å². The Labute approximate surface area is 272 Å². The van der Waals surface area contributed by atoms with Crippen LogP contribution in [0.4, 0.5) is 0 Å². The van der Waals surface area contributed by atoms with Crippen molar-refractivity contribution in [3.8, 4) is 5.75 Å². The van der Waals surface area contributed by atoms with Crippen LogP contribution in [0, 0.1) is 5.92 Å². The van der Waals surface area contributed by atoms with Gasteiger partial charge in [-0.3, -0.25) is 19.2 Å². The molecule has 0 radical (unpaired) electrons. The summed E-state index contributed by atoms with van der Waals surface area (Å²) >= 11 is 3.46. The summed E-state index contributed by atoms with van der Waals surface area (Å²) < 4.78 is 6.20. The zero-order valence-corrected chi connectivity index (χ0v) is 27.3. The van der Waals surface area contributed by atoms with Crippen molar-refractivity contribution in [2.45, 2.75) is 62.9 Å². The number of carbonyl (C=O) groups is 4. The number of nitrogens with two attached hydrogens (primary N) is 1. The summed E-state index contributed by atoms with van der Waals surface area (Å²) in [6, 6.07) is 19.8. The van der Waals surface area contributed by atoms with Gasteiger partial charge in [0.1, 0.15) is 17.8 Å². The first-order valence-corrected chi connectivity index (χ1v) is 16.1. The van der Waals surface area contributed by atoms with E-state index in [-0.39, 0.29) is 30.6 Å². The Balaban J connectivity index is 1.63. The average Bonchev–Trinajstić information content (AvgIpc) is 3.05. The maximum absolute atomic E-state index is 14.2. The standard InChI is InChI=1S/C35H41BrN4O5/c1-38-33(42)29(21-23-7-6-10-27(36)19-23)39-34(43)30(20-22-11-13-26(14-12-22)32(37)41)40-35(44)31(24-8-4-3-5-9-24)25-15-17-28(45-2)18-16-25/h6-7,10-19,24,29-31H,3-5,8-9,20-21H2,1-2H3,(H2,37,41)(H,38,42)(H,39,43)(H,40,44)/t29-,30-,31?/m0/s1. The van der Waals surface area contributed by atoms with Gasteiger partial charge in [0.25, 0.3) is 0 Å². The van der Waals surface area contributed by atoms with E-state index in [1.54, 1.807) is 31.4 Å². The molecule has 0 aliphatic heterocycles. The largest absolute Gasteiger partial charge is 0.497 e. The monoisotopic (exact) mass is 676 g/mol. The molecule has 3 atom stereocenters. The average molecular weight is 678 g/mol. The van der Waals surface area contributed by atoms with Gasteiger partial charge in [0.05, 0.1) is 13.0 Å². The normalized spacial score (nSPS) is 15.3. The minimum absolute atomic E-state index is 0.126. The van der Waals surface area contributed by atoms with Gasteiger partial charge < -0.3 is 26.4 Å². The van der Waals surface area contributed by atoms with Crippen molar-refractivity contribution in [2.24, 2.45) is 11.7 Å². The van der Waals surface area contributed by atoms with Gasteiger partial charge in [-0.2, -0.15) is 0 Å². The van der Waals surface area contributed by atoms with Crippen LogP contribution in [-0.4, -0.2) is 49.9 Å². The van der Waals surface area contributed by atoms with Gasteiger partial charge in [0, 0.05) is 29.9 Å². The van der Waals surface area contributed by atoms with Crippen molar-refractivity contribution in [3.63, 3.8) is 0 Å². The maximum Gasteiger partial charge on any atom is 0.248 e. The van der Waals surface area contributed by atoms with Gasteiger partial charge in [-0.1, -0.05) is 71.6 Å². The molecule has 0 bridgehead atoms. The number of primary amides is 1. The summed E-state index contributed by atoms with van der Waals surface area (Å²) in [5.41, 5.74) is 8.21. The molecule has 1 saturated carbocycles. The summed E-state index contributed by atoms with van der Waals surface area (Å²) in [4.78, 5) is 52.7. The van der Waals surface area contributed by atoms with E-state index in [0.29, 0.717) is 11.3 Å². The molecule has 0 heterocycles. The molecule has 4 rings (SSSR count). The highest BCUT2D eigenvalue weighted by atomic mass is 79.9. The second-order valence-electron chi connectivity index (χ2n) is 11.5. The Hall–Kier alpha value is -4.18. The molecule has 0 aromatic heterocycles. The lowest BCUT2D eigenvalue weighted by molar-refractivity contribution is -0.132. The van der Waals surface area contributed by atoms with Gasteiger partial charge in [0.2, 0.25) is 23.6 Å². The van der Waals surface area contributed by atoms with Crippen molar-refractivity contribution in [2.75, 3.05) is 14.2 Å². The Morgan fingerprint density at radius 2 is 1.44 bits per heavy atom. The lowest BCUT2D eigenvalue weighted by atomic mass is 9.76. The van der Waals surface area contributed by atoms with Crippen LogP contribution >= 0.6 is 15.9 Å². The van der Waals surface area contributed by atoms with Crippen LogP contribution in [0.2, 0.25) is 0 Å². The molecule has 4 amide bonds. The van der Waals surface area contributed by atoms with Crippen molar-refractivity contribution < 1.29 is 23.9 Å². The number of rotatable bonds is 13. The Morgan fingerprint density at radius 1 is 0.822 bits per heavy atom. The lowest BCUT2D eigenvalue weighted by Crippen LogP contribution is -2.55. The van der Waals surface area contributed by atoms with Crippen LogP contribution in [0.25, 0.3) is 0 Å². The Kier molecular flexibility index (Phi) is 12.2. The molecule has 0 saturated heterocycles. The number of ether oxygens (including phenoxy) is 1. The van der Waals surface area contributed by atoms with Gasteiger partial charge in [-0.15, -0.1) is 0 Å². The van der Waals surface area contributed by atoms with Crippen LogP contribution in [-0.2, 0) is 27.2 Å². The molecule has 1 aliphatic carbocycles. The second kappa shape index (κ2) is 16.2. The molecule has 9 nitrogen and oxygen atoms in total. The zero-order valence-electron chi connectivity index (χ0n) is 25.7. The predicted molar refractivity (Wildman–Crippen MR) is 177 cm³/mol. The van der Waals surface area contributed by atoms with Gasteiger partial charge in [-0.05, 0) is 71.8 Å². The van der Waals surface area contributed by atoms with Crippen LogP contribution in [0.15, 0.2) is 77.3 Å². The molecule has 1 aliphatic rings. The third kappa shape index (κ3) is 9.41. The number of carbonyl (C=O) groups excluding carboxylic acids is 4. The molecule has 10 heteroatoms.